The molecule has 1 heterocycles. The molecule has 152 valence electrons. The summed E-state index contributed by atoms with van der Waals surface area (Å²) in [5.74, 6) is 1.23. The van der Waals surface area contributed by atoms with E-state index in [4.69, 9.17) is 9.15 Å². The number of ether oxygens (including phenoxy) is 1. The van der Waals surface area contributed by atoms with Crippen molar-refractivity contribution in [3.05, 3.63) is 77.9 Å². The Kier molecular flexibility index (Phi) is 6.09. The number of fused-ring (bicyclic) bond motifs is 1. The Labute approximate surface area is 175 Å². The van der Waals surface area contributed by atoms with Gasteiger partial charge in [0, 0.05) is 30.8 Å². The average Bonchev–Trinajstić information content (AvgIpc) is 3.22. The van der Waals surface area contributed by atoms with Gasteiger partial charge in [0.25, 0.3) is 0 Å². The largest absolute Gasteiger partial charge is 0.493 e. The lowest BCUT2D eigenvalue weighted by molar-refractivity contribution is 0.290. The van der Waals surface area contributed by atoms with Crippen molar-refractivity contribution in [2.45, 2.75) is 6.42 Å². The van der Waals surface area contributed by atoms with Crippen molar-refractivity contribution in [3.63, 3.8) is 0 Å². The van der Waals surface area contributed by atoms with Crippen LogP contribution in [0.1, 0.15) is 17.5 Å². The molecule has 1 aromatic heterocycles. The van der Waals surface area contributed by atoms with Crippen molar-refractivity contribution in [2.24, 2.45) is 0 Å². The Hall–Kier alpha value is -3.60. The normalized spacial score (nSPS) is 11.3. The number of rotatable bonds is 8. The highest BCUT2D eigenvalue weighted by molar-refractivity contribution is 5.78. The molecule has 4 aromatic rings. The molecule has 0 amide bonds. The van der Waals surface area contributed by atoms with Gasteiger partial charge in [0.15, 0.2) is 5.58 Å². The van der Waals surface area contributed by atoms with Crippen LogP contribution in [0.15, 0.2) is 71.1 Å². The number of oxazole rings is 1. The molecule has 0 fully saturated rings. The topological polar surface area (TPSA) is 47.3 Å². The third-order valence-corrected chi connectivity index (χ3v) is 4.73. The minimum Gasteiger partial charge on any atom is -0.493 e. The Balaban J connectivity index is 1.47. The molecule has 0 atom stereocenters. The Morgan fingerprint density at radius 2 is 1.67 bits per heavy atom. The van der Waals surface area contributed by atoms with Crippen LogP contribution in [0.2, 0.25) is 0 Å². The van der Waals surface area contributed by atoms with Gasteiger partial charge >= 0.3 is 0 Å². The standard InChI is InChI=1S/C25H23FN2O2/c1-27-21-11-7-19(8-12-21)4-3-18-5-9-20(10-6-18)25-28-23-17-22(29-16-2-15-26)13-14-24(23)30-25/h3-14,17,27H,2,15-16H2,1H3/b4-3+. The van der Waals surface area contributed by atoms with Crippen LogP contribution in [0, 0.1) is 0 Å². The fraction of sp³-hybridized carbons (Fsp3) is 0.160. The van der Waals surface area contributed by atoms with E-state index in [1.54, 1.807) is 0 Å². The molecule has 3 aromatic carbocycles. The molecule has 4 nitrogen and oxygen atoms in total. The van der Waals surface area contributed by atoms with Gasteiger partial charge in [-0.25, -0.2) is 4.98 Å². The van der Waals surface area contributed by atoms with E-state index < -0.39 is 0 Å². The zero-order valence-corrected chi connectivity index (χ0v) is 16.8. The molecule has 1 N–H and O–H groups in total. The number of halogens is 1. The summed E-state index contributed by atoms with van der Waals surface area (Å²) in [6, 6.07) is 21.8. The lowest BCUT2D eigenvalue weighted by Crippen LogP contribution is -1.97. The zero-order chi connectivity index (χ0) is 20.8. The van der Waals surface area contributed by atoms with Crippen LogP contribution in [0.3, 0.4) is 0 Å². The van der Waals surface area contributed by atoms with Gasteiger partial charge in [0.2, 0.25) is 5.89 Å². The van der Waals surface area contributed by atoms with Crippen LogP contribution < -0.4 is 10.1 Å². The Morgan fingerprint density at radius 3 is 2.33 bits per heavy atom. The minimum atomic E-state index is -0.385. The fourth-order valence-corrected chi connectivity index (χ4v) is 3.06. The highest BCUT2D eigenvalue weighted by atomic mass is 19.1. The van der Waals surface area contributed by atoms with E-state index in [2.05, 4.69) is 34.6 Å². The molecule has 0 radical (unpaired) electrons. The summed E-state index contributed by atoms with van der Waals surface area (Å²) in [5, 5.41) is 3.11. The van der Waals surface area contributed by atoms with Crippen LogP contribution in [-0.2, 0) is 0 Å². The van der Waals surface area contributed by atoms with E-state index >= 15 is 0 Å². The summed E-state index contributed by atoms with van der Waals surface area (Å²) in [7, 11) is 1.91. The Bertz CT molecular complexity index is 1130. The van der Waals surface area contributed by atoms with Crippen molar-refractivity contribution >= 4 is 28.9 Å². The molecule has 0 saturated heterocycles. The van der Waals surface area contributed by atoms with Gasteiger partial charge in [0.1, 0.15) is 11.3 Å². The smallest absolute Gasteiger partial charge is 0.227 e. The average molecular weight is 402 g/mol. The summed E-state index contributed by atoms with van der Waals surface area (Å²) in [4.78, 5) is 4.57. The van der Waals surface area contributed by atoms with Gasteiger partial charge in [-0.2, -0.15) is 0 Å². The van der Waals surface area contributed by atoms with Crippen LogP contribution in [0.4, 0.5) is 10.1 Å². The minimum absolute atomic E-state index is 0.349. The molecule has 0 saturated carbocycles. The first kappa shape index (κ1) is 19.7. The predicted octanol–water partition coefficient (Wildman–Crippen LogP) is 6.45. The molecule has 0 aliphatic rings. The first-order chi connectivity index (χ1) is 14.7. The van der Waals surface area contributed by atoms with E-state index in [1.807, 2.05) is 61.6 Å². The van der Waals surface area contributed by atoms with Crippen molar-refractivity contribution in [3.8, 4) is 17.2 Å². The maximum atomic E-state index is 12.2. The number of nitrogens with zero attached hydrogens (tertiary/aromatic N) is 1. The molecule has 0 aliphatic heterocycles. The van der Waals surface area contributed by atoms with Crippen molar-refractivity contribution in [1.82, 2.24) is 4.98 Å². The summed E-state index contributed by atoms with van der Waals surface area (Å²) >= 11 is 0. The van der Waals surface area contributed by atoms with E-state index in [1.165, 1.54) is 0 Å². The van der Waals surface area contributed by atoms with E-state index in [0.29, 0.717) is 30.3 Å². The third-order valence-electron chi connectivity index (χ3n) is 4.73. The number of alkyl halides is 1. The van der Waals surface area contributed by atoms with Crippen molar-refractivity contribution < 1.29 is 13.5 Å². The van der Waals surface area contributed by atoms with Crippen molar-refractivity contribution in [1.29, 1.82) is 0 Å². The molecule has 0 spiro atoms. The van der Waals surface area contributed by atoms with E-state index in [9.17, 15) is 4.39 Å². The Morgan fingerprint density at radius 1 is 0.967 bits per heavy atom. The lowest BCUT2D eigenvalue weighted by Gasteiger charge is -2.03. The predicted molar refractivity (Wildman–Crippen MR) is 120 cm³/mol. The van der Waals surface area contributed by atoms with Gasteiger partial charge in [-0.3, -0.25) is 4.39 Å². The summed E-state index contributed by atoms with van der Waals surface area (Å²) in [6.07, 6.45) is 4.54. The van der Waals surface area contributed by atoms with Gasteiger partial charge in [-0.1, -0.05) is 36.4 Å². The first-order valence-electron chi connectivity index (χ1n) is 9.91. The fourth-order valence-electron chi connectivity index (χ4n) is 3.06. The molecule has 0 unspecified atom stereocenters. The highest BCUT2D eigenvalue weighted by Crippen LogP contribution is 2.27. The monoisotopic (exact) mass is 402 g/mol. The van der Waals surface area contributed by atoms with Crippen LogP contribution in [-0.4, -0.2) is 25.3 Å². The van der Waals surface area contributed by atoms with Gasteiger partial charge in [-0.15, -0.1) is 0 Å². The number of aromatic nitrogens is 1. The first-order valence-corrected chi connectivity index (χ1v) is 9.91. The molecule has 0 bridgehead atoms. The number of hydrogen-bond donors (Lipinski definition) is 1. The van der Waals surface area contributed by atoms with E-state index in [0.717, 1.165) is 27.9 Å². The second-order valence-corrected chi connectivity index (χ2v) is 6.87. The highest BCUT2D eigenvalue weighted by Gasteiger charge is 2.09. The molecule has 0 aliphatic carbocycles. The number of benzene rings is 3. The number of anilines is 1. The van der Waals surface area contributed by atoms with Gasteiger partial charge in [0.05, 0.1) is 13.3 Å². The van der Waals surface area contributed by atoms with Crippen LogP contribution >= 0.6 is 0 Å². The third kappa shape index (κ3) is 4.69. The second kappa shape index (κ2) is 9.27. The summed E-state index contributed by atoms with van der Waals surface area (Å²) < 4.78 is 23.6. The SMILES string of the molecule is CNc1ccc(/C=C/c2ccc(-c3nc4cc(OCCCF)ccc4o3)cc2)cc1. The van der Waals surface area contributed by atoms with E-state index in [-0.39, 0.29) is 6.67 Å². The molecule has 4 rings (SSSR count). The molecule has 5 heteroatoms. The maximum Gasteiger partial charge on any atom is 0.227 e. The van der Waals surface area contributed by atoms with Gasteiger partial charge in [-0.05, 0) is 47.5 Å². The zero-order valence-electron chi connectivity index (χ0n) is 16.8. The van der Waals surface area contributed by atoms with Crippen LogP contribution in [0.5, 0.6) is 5.75 Å². The maximum absolute atomic E-state index is 12.2. The quantitative estimate of drug-likeness (QED) is 0.272. The number of nitrogens with one attached hydrogen (secondary N) is 1. The lowest BCUT2D eigenvalue weighted by atomic mass is 10.1. The van der Waals surface area contributed by atoms with Gasteiger partial charge < -0.3 is 14.5 Å². The molecular formula is C25H23FN2O2. The second-order valence-electron chi connectivity index (χ2n) is 6.87. The number of hydrogen-bond acceptors (Lipinski definition) is 4. The molecule has 30 heavy (non-hydrogen) atoms. The summed E-state index contributed by atoms with van der Waals surface area (Å²) in [6.45, 7) is -0.0362. The van der Waals surface area contributed by atoms with Crippen molar-refractivity contribution in [2.75, 3.05) is 25.6 Å². The molecular weight excluding hydrogens is 379 g/mol. The van der Waals surface area contributed by atoms with Crippen LogP contribution in [0.25, 0.3) is 34.7 Å². The summed E-state index contributed by atoms with van der Waals surface area (Å²) in [5.41, 5.74) is 5.64.